The monoisotopic (exact) mass is 283 g/mol. The van der Waals surface area contributed by atoms with E-state index >= 15 is 0 Å². The van der Waals surface area contributed by atoms with Crippen LogP contribution in [0.5, 0.6) is 11.5 Å². The van der Waals surface area contributed by atoms with Crippen molar-refractivity contribution in [3.8, 4) is 11.5 Å². The molecule has 0 amide bonds. The third kappa shape index (κ3) is 2.57. The average molecular weight is 283 g/mol. The van der Waals surface area contributed by atoms with Crippen LogP contribution in [0.4, 0.5) is 5.69 Å². The first-order chi connectivity index (χ1) is 10.2. The second-order valence-corrected chi connectivity index (χ2v) is 5.06. The summed E-state index contributed by atoms with van der Waals surface area (Å²) in [5.41, 5.74) is 8.51. The molecule has 0 aromatic heterocycles. The summed E-state index contributed by atoms with van der Waals surface area (Å²) in [7, 11) is 1.54. The fourth-order valence-electron chi connectivity index (χ4n) is 2.56. The number of ether oxygens (including phenoxy) is 2. The van der Waals surface area contributed by atoms with Crippen molar-refractivity contribution < 1.29 is 14.3 Å². The van der Waals surface area contributed by atoms with E-state index in [1.165, 1.54) is 0 Å². The lowest BCUT2D eigenvalue weighted by Crippen LogP contribution is -2.10. The SMILES string of the molecule is COc1ccc(N)cc1C(=O)c1ccc2c(c1)CCCO2. The predicted molar refractivity (Wildman–Crippen MR) is 81.1 cm³/mol. The van der Waals surface area contributed by atoms with Crippen molar-refractivity contribution in [1.82, 2.24) is 0 Å². The van der Waals surface area contributed by atoms with Gasteiger partial charge in [0.15, 0.2) is 5.78 Å². The molecule has 0 bridgehead atoms. The Bertz CT molecular complexity index is 694. The molecule has 2 N–H and O–H groups in total. The number of hydrogen-bond donors (Lipinski definition) is 1. The summed E-state index contributed by atoms with van der Waals surface area (Å²) >= 11 is 0. The molecule has 21 heavy (non-hydrogen) atoms. The third-order valence-electron chi connectivity index (χ3n) is 3.64. The van der Waals surface area contributed by atoms with E-state index in [0.29, 0.717) is 22.6 Å². The summed E-state index contributed by atoms with van der Waals surface area (Å²) in [6.45, 7) is 0.739. The number of hydrogen-bond acceptors (Lipinski definition) is 4. The molecule has 4 nitrogen and oxygen atoms in total. The van der Waals surface area contributed by atoms with Crippen molar-refractivity contribution in [2.75, 3.05) is 19.5 Å². The summed E-state index contributed by atoms with van der Waals surface area (Å²) in [5, 5.41) is 0. The molecule has 2 aromatic rings. The van der Waals surface area contributed by atoms with Gasteiger partial charge in [-0.15, -0.1) is 0 Å². The van der Waals surface area contributed by atoms with Crippen molar-refractivity contribution in [2.45, 2.75) is 12.8 Å². The molecule has 0 saturated carbocycles. The molecule has 0 aliphatic carbocycles. The van der Waals surface area contributed by atoms with Crippen LogP contribution in [0, 0.1) is 0 Å². The van der Waals surface area contributed by atoms with E-state index in [9.17, 15) is 4.79 Å². The van der Waals surface area contributed by atoms with Gasteiger partial charge >= 0.3 is 0 Å². The van der Waals surface area contributed by atoms with Crippen molar-refractivity contribution >= 4 is 11.5 Å². The molecular formula is C17H17NO3. The predicted octanol–water partition coefficient (Wildman–Crippen LogP) is 2.83. The van der Waals surface area contributed by atoms with Gasteiger partial charge in [-0.1, -0.05) is 0 Å². The van der Waals surface area contributed by atoms with E-state index in [4.69, 9.17) is 15.2 Å². The van der Waals surface area contributed by atoms with Gasteiger partial charge in [0.1, 0.15) is 11.5 Å². The number of ketones is 1. The third-order valence-corrected chi connectivity index (χ3v) is 3.64. The molecule has 0 radical (unpaired) electrons. The second-order valence-electron chi connectivity index (χ2n) is 5.06. The molecular weight excluding hydrogens is 266 g/mol. The molecule has 0 atom stereocenters. The van der Waals surface area contributed by atoms with Crippen LogP contribution in [0.15, 0.2) is 36.4 Å². The minimum Gasteiger partial charge on any atom is -0.496 e. The molecule has 4 heteroatoms. The van der Waals surface area contributed by atoms with E-state index < -0.39 is 0 Å². The Morgan fingerprint density at radius 3 is 2.90 bits per heavy atom. The maximum atomic E-state index is 12.7. The largest absolute Gasteiger partial charge is 0.496 e. The molecule has 0 spiro atoms. The van der Waals surface area contributed by atoms with Crippen molar-refractivity contribution in [3.63, 3.8) is 0 Å². The zero-order valence-electron chi connectivity index (χ0n) is 11.9. The van der Waals surface area contributed by atoms with E-state index in [1.54, 1.807) is 31.4 Å². The summed E-state index contributed by atoms with van der Waals surface area (Å²) in [6.07, 6.45) is 1.91. The number of fused-ring (bicyclic) bond motifs is 1. The lowest BCUT2D eigenvalue weighted by Gasteiger charge is -2.18. The number of anilines is 1. The summed E-state index contributed by atoms with van der Waals surface area (Å²) in [5.74, 6) is 1.31. The Kier molecular flexibility index (Phi) is 3.52. The van der Waals surface area contributed by atoms with Gasteiger partial charge in [0, 0.05) is 11.3 Å². The molecule has 0 saturated heterocycles. The van der Waals surface area contributed by atoms with Crippen molar-refractivity contribution in [2.24, 2.45) is 0 Å². The Hall–Kier alpha value is -2.49. The second kappa shape index (κ2) is 5.48. The highest BCUT2D eigenvalue weighted by molar-refractivity contribution is 6.11. The van der Waals surface area contributed by atoms with E-state index in [0.717, 1.165) is 30.8 Å². The van der Waals surface area contributed by atoms with Crippen LogP contribution in [0.1, 0.15) is 27.9 Å². The minimum atomic E-state index is -0.0903. The minimum absolute atomic E-state index is 0.0903. The Morgan fingerprint density at radius 2 is 2.10 bits per heavy atom. The molecule has 1 heterocycles. The highest BCUT2D eigenvalue weighted by atomic mass is 16.5. The smallest absolute Gasteiger partial charge is 0.196 e. The molecule has 0 fully saturated rings. The highest BCUT2D eigenvalue weighted by Gasteiger charge is 2.18. The van der Waals surface area contributed by atoms with Crippen LogP contribution in [0.25, 0.3) is 0 Å². The fraction of sp³-hybridized carbons (Fsp3) is 0.235. The van der Waals surface area contributed by atoms with Crippen LogP contribution in [0.2, 0.25) is 0 Å². The average Bonchev–Trinajstić information content (AvgIpc) is 2.53. The quantitative estimate of drug-likeness (QED) is 0.695. The molecule has 3 rings (SSSR count). The van der Waals surface area contributed by atoms with Gasteiger partial charge in [-0.25, -0.2) is 0 Å². The first kappa shape index (κ1) is 13.5. The Morgan fingerprint density at radius 1 is 1.24 bits per heavy atom. The van der Waals surface area contributed by atoms with Crippen LogP contribution in [0.3, 0.4) is 0 Å². The first-order valence-corrected chi connectivity index (χ1v) is 6.93. The van der Waals surface area contributed by atoms with E-state index in [-0.39, 0.29) is 5.78 Å². The van der Waals surface area contributed by atoms with Crippen LogP contribution >= 0.6 is 0 Å². The van der Waals surface area contributed by atoms with Crippen LogP contribution in [-0.2, 0) is 6.42 Å². The van der Waals surface area contributed by atoms with Gasteiger partial charge in [0.25, 0.3) is 0 Å². The number of carbonyl (C=O) groups is 1. The van der Waals surface area contributed by atoms with Crippen LogP contribution in [-0.4, -0.2) is 19.5 Å². The number of rotatable bonds is 3. The lowest BCUT2D eigenvalue weighted by molar-refractivity contribution is 0.103. The van der Waals surface area contributed by atoms with Gasteiger partial charge in [0.05, 0.1) is 19.3 Å². The standard InChI is InChI=1S/C17H17NO3/c1-20-16-7-5-13(18)10-14(16)17(19)12-4-6-15-11(9-12)3-2-8-21-15/h4-7,9-10H,2-3,8,18H2,1H3. The lowest BCUT2D eigenvalue weighted by atomic mass is 9.97. The zero-order valence-corrected chi connectivity index (χ0v) is 11.9. The maximum absolute atomic E-state index is 12.7. The van der Waals surface area contributed by atoms with Gasteiger partial charge in [0.2, 0.25) is 0 Å². The number of benzene rings is 2. The summed E-state index contributed by atoms with van der Waals surface area (Å²) < 4.78 is 10.8. The van der Waals surface area contributed by atoms with Gasteiger partial charge < -0.3 is 15.2 Å². The normalized spacial score (nSPS) is 13.2. The van der Waals surface area contributed by atoms with E-state index in [1.807, 2.05) is 12.1 Å². The van der Waals surface area contributed by atoms with E-state index in [2.05, 4.69) is 0 Å². The molecule has 2 aromatic carbocycles. The van der Waals surface area contributed by atoms with Crippen molar-refractivity contribution in [1.29, 1.82) is 0 Å². The van der Waals surface area contributed by atoms with Crippen LogP contribution < -0.4 is 15.2 Å². The Labute approximate surface area is 123 Å². The van der Waals surface area contributed by atoms with Gasteiger partial charge in [-0.05, 0) is 54.8 Å². The summed E-state index contributed by atoms with van der Waals surface area (Å²) in [4.78, 5) is 12.7. The Balaban J connectivity index is 2.00. The number of aryl methyl sites for hydroxylation is 1. The number of nitrogens with two attached hydrogens (primary N) is 1. The zero-order chi connectivity index (χ0) is 14.8. The molecule has 1 aliphatic heterocycles. The number of nitrogen functional groups attached to an aromatic ring is 1. The molecule has 1 aliphatic rings. The highest BCUT2D eigenvalue weighted by Crippen LogP contribution is 2.29. The molecule has 108 valence electrons. The molecule has 0 unspecified atom stereocenters. The maximum Gasteiger partial charge on any atom is 0.196 e. The number of carbonyl (C=O) groups excluding carboxylic acids is 1. The van der Waals surface area contributed by atoms with Gasteiger partial charge in [-0.3, -0.25) is 4.79 Å². The summed E-state index contributed by atoms with van der Waals surface area (Å²) in [6, 6.07) is 10.6. The van der Waals surface area contributed by atoms with Gasteiger partial charge in [-0.2, -0.15) is 0 Å². The first-order valence-electron chi connectivity index (χ1n) is 6.93. The fourth-order valence-corrected chi connectivity index (χ4v) is 2.56. The number of methoxy groups -OCH3 is 1. The van der Waals surface area contributed by atoms with Crippen molar-refractivity contribution in [3.05, 3.63) is 53.1 Å². The topological polar surface area (TPSA) is 61.5 Å².